The Morgan fingerprint density at radius 1 is 1.24 bits per heavy atom. The molecule has 0 saturated carbocycles. The number of halogens is 3. The maximum atomic E-state index is 13.0. The van der Waals surface area contributed by atoms with E-state index in [0.717, 1.165) is 42.5 Å². The SMILES string of the molecule is Cc1ccc(C(=O)NCCC2CCCN2C)c(=O)n1-c1cccc(C(F)(F)F)c1. The summed E-state index contributed by atoms with van der Waals surface area (Å²) in [6.07, 6.45) is -1.51. The minimum Gasteiger partial charge on any atom is -0.352 e. The number of amides is 1. The van der Waals surface area contributed by atoms with Gasteiger partial charge in [-0.05, 0) is 70.1 Å². The highest BCUT2D eigenvalue weighted by Crippen LogP contribution is 2.30. The standard InChI is InChI=1S/C21H24F3N3O2/c1-14-8-9-18(19(28)25-11-10-16-7-4-12-26(16)2)20(29)27(14)17-6-3-5-15(13-17)21(22,23)24/h3,5-6,8-9,13,16H,4,7,10-12H2,1-2H3,(H,25,28). The number of hydrogen-bond acceptors (Lipinski definition) is 3. The van der Waals surface area contributed by atoms with Gasteiger partial charge in [-0.15, -0.1) is 0 Å². The number of aryl methyl sites for hydroxylation is 1. The summed E-state index contributed by atoms with van der Waals surface area (Å²) < 4.78 is 40.2. The molecule has 29 heavy (non-hydrogen) atoms. The van der Waals surface area contributed by atoms with Crippen molar-refractivity contribution in [3.63, 3.8) is 0 Å². The van der Waals surface area contributed by atoms with Crippen molar-refractivity contribution >= 4 is 5.91 Å². The van der Waals surface area contributed by atoms with Gasteiger partial charge in [0.2, 0.25) is 0 Å². The second kappa shape index (κ2) is 8.41. The summed E-state index contributed by atoms with van der Waals surface area (Å²) in [5.74, 6) is -0.517. The van der Waals surface area contributed by atoms with Gasteiger partial charge < -0.3 is 10.2 Å². The maximum absolute atomic E-state index is 13.0. The van der Waals surface area contributed by atoms with Crippen molar-refractivity contribution < 1.29 is 18.0 Å². The number of rotatable bonds is 5. The van der Waals surface area contributed by atoms with Gasteiger partial charge in [-0.25, -0.2) is 0 Å². The molecule has 1 saturated heterocycles. The quantitative estimate of drug-likeness (QED) is 0.827. The van der Waals surface area contributed by atoms with Crippen LogP contribution in [0.25, 0.3) is 5.69 Å². The van der Waals surface area contributed by atoms with Crippen molar-refractivity contribution in [3.05, 3.63) is 63.6 Å². The number of carbonyl (C=O) groups excluding carboxylic acids is 1. The monoisotopic (exact) mass is 407 g/mol. The molecule has 156 valence electrons. The Bertz CT molecular complexity index is 953. The molecule has 8 heteroatoms. The van der Waals surface area contributed by atoms with Gasteiger partial charge in [-0.3, -0.25) is 14.2 Å². The number of benzene rings is 1. The molecule has 0 aliphatic carbocycles. The average Bonchev–Trinajstić information content (AvgIpc) is 3.06. The first-order valence-corrected chi connectivity index (χ1v) is 9.57. The fraction of sp³-hybridized carbons (Fsp3) is 0.429. The third-order valence-corrected chi connectivity index (χ3v) is 5.39. The number of nitrogens with one attached hydrogen (secondary N) is 1. The summed E-state index contributed by atoms with van der Waals surface area (Å²) in [6.45, 7) is 3.09. The Balaban J connectivity index is 1.82. The van der Waals surface area contributed by atoms with Crippen LogP contribution in [0.15, 0.2) is 41.2 Å². The van der Waals surface area contributed by atoms with Gasteiger partial charge in [0.1, 0.15) is 5.56 Å². The molecule has 1 N–H and O–H groups in total. The second-order valence-corrected chi connectivity index (χ2v) is 7.40. The van der Waals surface area contributed by atoms with Gasteiger partial charge in [0, 0.05) is 24.0 Å². The number of aromatic nitrogens is 1. The normalized spacial score (nSPS) is 17.5. The predicted octanol–water partition coefficient (Wildman–Crippen LogP) is 3.38. The van der Waals surface area contributed by atoms with E-state index in [-0.39, 0.29) is 11.3 Å². The van der Waals surface area contributed by atoms with Crippen molar-refractivity contribution in [1.29, 1.82) is 0 Å². The molecule has 1 fully saturated rings. The number of alkyl halides is 3. The van der Waals surface area contributed by atoms with E-state index in [1.54, 1.807) is 13.0 Å². The molecule has 2 aromatic rings. The van der Waals surface area contributed by atoms with Crippen LogP contribution in [-0.2, 0) is 6.18 Å². The molecule has 1 aromatic carbocycles. The van der Waals surface area contributed by atoms with E-state index >= 15 is 0 Å². The Labute approximate surface area is 167 Å². The van der Waals surface area contributed by atoms with Crippen LogP contribution in [0.1, 0.15) is 40.9 Å². The topological polar surface area (TPSA) is 54.3 Å². The molecule has 1 atom stereocenters. The zero-order valence-corrected chi connectivity index (χ0v) is 16.4. The van der Waals surface area contributed by atoms with E-state index < -0.39 is 23.2 Å². The number of carbonyl (C=O) groups is 1. The molecular formula is C21H24F3N3O2. The fourth-order valence-corrected chi connectivity index (χ4v) is 3.74. The van der Waals surface area contributed by atoms with E-state index in [0.29, 0.717) is 18.3 Å². The third-order valence-electron chi connectivity index (χ3n) is 5.39. The van der Waals surface area contributed by atoms with Gasteiger partial charge in [0.15, 0.2) is 0 Å². The molecular weight excluding hydrogens is 383 g/mol. The number of likely N-dealkylation sites (tertiary alicyclic amines) is 1. The molecule has 0 radical (unpaired) electrons. The van der Waals surface area contributed by atoms with Crippen LogP contribution in [-0.4, -0.2) is 41.6 Å². The van der Waals surface area contributed by atoms with E-state index in [9.17, 15) is 22.8 Å². The highest BCUT2D eigenvalue weighted by molar-refractivity contribution is 5.93. The zero-order chi connectivity index (χ0) is 21.2. The molecule has 0 spiro atoms. The lowest BCUT2D eigenvalue weighted by Crippen LogP contribution is -2.36. The lowest BCUT2D eigenvalue weighted by atomic mass is 10.1. The predicted molar refractivity (Wildman–Crippen MR) is 104 cm³/mol. The Kier molecular flexibility index (Phi) is 6.12. The second-order valence-electron chi connectivity index (χ2n) is 7.40. The summed E-state index contributed by atoms with van der Waals surface area (Å²) in [5.41, 5.74) is -1.06. The molecule has 1 amide bonds. The van der Waals surface area contributed by atoms with Crippen LogP contribution in [0.5, 0.6) is 0 Å². The first kappa shape index (κ1) is 21.1. The molecule has 1 aliphatic heterocycles. The first-order chi connectivity index (χ1) is 13.7. The summed E-state index contributed by atoms with van der Waals surface area (Å²) >= 11 is 0. The number of nitrogens with zero attached hydrogens (tertiary/aromatic N) is 2. The third kappa shape index (κ3) is 4.70. The molecule has 1 aliphatic rings. The van der Waals surface area contributed by atoms with Crippen LogP contribution >= 0.6 is 0 Å². The first-order valence-electron chi connectivity index (χ1n) is 9.57. The van der Waals surface area contributed by atoms with Crippen LogP contribution in [0.2, 0.25) is 0 Å². The van der Waals surface area contributed by atoms with E-state index in [2.05, 4.69) is 10.2 Å². The van der Waals surface area contributed by atoms with Gasteiger partial charge in [0.05, 0.1) is 5.56 Å². The molecule has 5 nitrogen and oxygen atoms in total. The Morgan fingerprint density at radius 2 is 2.00 bits per heavy atom. The maximum Gasteiger partial charge on any atom is 0.416 e. The van der Waals surface area contributed by atoms with Crippen molar-refractivity contribution in [2.75, 3.05) is 20.1 Å². The van der Waals surface area contributed by atoms with Gasteiger partial charge >= 0.3 is 6.18 Å². The largest absolute Gasteiger partial charge is 0.416 e. The summed E-state index contributed by atoms with van der Waals surface area (Å²) in [5, 5.41) is 2.76. The smallest absolute Gasteiger partial charge is 0.352 e. The Morgan fingerprint density at radius 3 is 2.66 bits per heavy atom. The van der Waals surface area contributed by atoms with Crippen molar-refractivity contribution in [2.45, 2.75) is 38.4 Å². The van der Waals surface area contributed by atoms with E-state index in [1.807, 2.05) is 7.05 Å². The summed E-state index contributed by atoms with van der Waals surface area (Å²) in [4.78, 5) is 27.6. The van der Waals surface area contributed by atoms with Crippen LogP contribution < -0.4 is 10.9 Å². The van der Waals surface area contributed by atoms with Crippen molar-refractivity contribution in [2.24, 2.45) is 0 Å². The highest BCUT2D eigenvalue weighted by atomic mass is 19.4. The number of hydrogen-bond donors (Lipinski definition) is 1. The summed E-state index contributed by atoms with van der Waals surface area (Å²) in [7, 11) is 2.05. The van der Waals surface area contributed by atoms with Gasteiger partial charge in [-0.1, -0.05) is 6.07 Å². The van der Waals surface area contributed by atoms with E-state index in [4.69, 9.17) is 0 Å². The van der Waals surface area contributed by atoms with Crippen molar-refractivity contribution in [1.82, 2.24) is 14.8 Å². The lowest BCUT2D eigenvalue weighted by molar-refractivity contribution is -0.137. The molecule has 3 rings (SSSR count). The Hall–Kier alpha value is -2.61. The average molecular weight is 407 g/mol. The van der Waals surface area contributed by atoms with Crippen molar-refractivity contribution in [3.8, 4) is 5.69 Å². The van der Waals surface area contributed by atoms with E-state index in [1.165, 1.54) is 18.2 Å². The highest BCUT2D eigenvalue weighted by Gasteiger charge is 2.30. The lowest BCUT2D eigenvalue weighted by Gasteiger charge is -2.19. The molecule has 1 unspecified atom stereocenters. The van der Waals surface area contributed by atoms with Crippen LogP contribution in [0.3, 0.4) is 0 Å². The molecule has 1 aromatic heterocycles. The van der Waals surface area contributed by atoms with Crippen LogP contribution in [0, 0.1) is 6.92 Å². The van der Waals surface area contributed by atoms with Gasteiger partial charge in [-0.2, -0.15) is 13.2 Å². The number of pyridine rings is 1. The minimum absolute atomic E-state index is 0.0737. The zero-order valence-electron chi connectivity index (χ0n) is 16.4. The fourth-order valence-electron chi connectivity index (χ4n) is 3.74. The summed E-state index contributed by atoms with van der Waals surface area (Å²) in [6, 6.07) is 7.90. The molecule has 2 heterocycles. The van der Waals surface area contributed by atoms with Gasteiger partial charge in [0.25, 0.3) is 11.5 Å². The minimum atomic E-state index is -4.52. The van der Waals surface area contributed by atoms with Crippen LogP contribution in [0.4, 0.5) is 13.2 Å². The molecule has 0 bridgehead atoms.